The minimum Gasteiger partial charge on any atom is -0.310 e. The van der Waals surface area contributed by atoms with Crippen molar-refractivity contribution in [3.8, 4) is 11.4 Å². The van der Waals surface area contributed by atoms with Gasteiger partial charge in [0, 0.05) is 44.0 Å². The van der Waals surface area contributed by atoms with Crippen LogP contribution in [0.15, 0.2) is 103 Å². The predicted molar refractivity (Wildman–Crippen MR) is 343 cm³/mol. The van der Waals surface area contributed by atoms with E-state index in [-0.39, 0.29) is 35.1 Å². The van der Waals surface area contributed by atoms with Crippen LogP contribution in [0, 0.1) is 0 Å². The summed E-state index contributed by atoms with van der Waals surface area (Å²) in [6.07, 6.45) is 0. The summed E-state index contributed by atoms with van der Waals surface area (Å²) in [5, 5.41) is 5.43. The minimum atomic E-state index is -0.0751. The summed E-state index contributed by atoms with van der Waals surface area (Å²) in [6.45, 7) is 52.6. The number of nitrogens with zero attached hydrogens (tertiary/aromatic N) is 2. The van der Waals surface area contributed by atoms with E-state index in [1.165, 1.54) is 138 Å². The molecule has 0 saturated carbocycles. The van der Waals surface area contributed by atoms with Gasteiger partial charge in [0.1, 0.15) is 0 Å². The van der Waals surface area contributed by atoms with Crippen molar-refractivity contribution in [1.29, 1.82) is 0 Å². The van der Waals surface area contributed by atoms with Crippen LogP contribution in [0.2, 0.25) is 0 Å². The van der Waals surface area contributed by atoms with E-state index in [1.807, 2.05) is 0 Å². The van der Waals surface area contributed by atoms with Crippen molar-refractivity contribution in [3.63, 3.8) is 0 Å². The second kappa shape index (κ2) is 17.9. The molecule has 4 heterocycles. The summed E-state index contributed by atoms with van der Waals surface area (Å²) < 4.78 is 5.47. The number of benzene rings is 7. The van der Waals surface area contributed by atoms with Crippen molar-refractivity contribution >= 4 is 89.8 Å². The topological polar surface area (TPSA) is 9.86 Å². The monoisotopic (exact) mass is 1010 g/mol. The van der Waals surface area contributed by atoms with Crippen LogP contribution in [-0.2, 0) is 21.7 Å². The predicted octanol–water partition coefficient (Wildman–Crippen LogP) is 16.3. The molecule has 0 spiro atoms. The third-order valence-corrected chi connectivity index (χ3v) is 18.3. The van der Waals surface area contributed by atoms with Crippen molar-refractivity contribution in [2.45, 2.75) is 204 Å². The van der Waals surface area contributed by atoms with E-state index in [2.05, 4.69) is 265 Å². The molecule has 2 aliphatic rings. The summed E-state index contributed by atoms with van der Waals surface area (Å²) >= 11 is 0. The molecule has 0 radical (unpaired) electrons. The zero-order valence-corrected chi connectivity index (χ0v) is 51.3. The molecule has 11 rings (SSSR count). The Balaban J connectivity index is 1.40. The zero-order chi connectivity index (χ0) is 55.7. The molecule has 9 aromatic rings. The van der Waals surface area contributed by atoms with E-state index < -0.39 is 0 Å². The quantitative estimate of drug-likeness (QED) is 0.141. The summed E-state index contributed by atoms with van der Waals surface area (Å²) in [4.78, 5) is 0. The van der Waals surface area contributed by atoms with Gasteiger partial charge >= 0.3 is 0 Å². The number of hydrogen-bond donors (Lipinski definition) is 0. The van der Waals surface area contributed by atoms with Gasteiger partial charge in [-0.15, -0.1) is 0 Å². The number of fused-ring (bicyclic) bond motifs is 10. The number of rotatable bonds is 7. The molecule has 0 amide bonds. The Morgan fingerprint density at radius 1 is 0.312 bits per heavy atom. The molecule has 2 aliphatic heterocycles. The second-order valence-electron chi connectivity index (χ2n) is 29.7. The Bertz CT molecular complexity index is 3860. The van der Waals surface area contributed by atoms with E-state index in [0.717, 1.165) is 0 Å². The van der Waals surface area contributed by atoms with E-state index in [1.54, 1.807) is 0 Å². The molecular formula is C73H88B2N2. The highest BCUT2D eigenvalue weighted by Gasteiger charge is 2.43. The van der Waals surface area contributed by atoms with E-state index in [4.69, 9.17) is 0 Å². The lowest BCUT2D eigenvalue weighted by atomic mass is 9.31. The van der Waals surface area contributed by atoms with Crippen LogP contribution >= 0.6 is 0 Å². The molecule has 0 unspecified atom stereocenters. The number of aromatic nitrogens is 2. The van der Waals surface area contributed by atoms with Gasteiger partial charge < -0.3 is 9.13 Å². The SMILES string of the molecule is CC(C)c1ccc(B2c3cc4c(cc3-n3c5ccc(C(C)(C)C)cc5c5cc(C(C)(C)C)cc2c53)B(c2c(C(C)C)cc(C(C)C)cc2C(C)C)c2cc(C(C)(C)C)cc3c5cc(C(C)(C)C)ccc5n-4c23)c(C(C)C)c1. The first-order chi connectivity index (χ1) is 35.9. The highest BCUT2D eigenvalue weighted by molar-refractivity contribution is 7.00. The molecular weight excluding hydrogens is 926 g/mol. The van der Waals surface area contributed by atoms with Gasteiger partial charge in [-0.3, -0.25) is 0 Å². The summed E-state index contributed by atoms with van der Waals surface area (Å²) in [5.74, 6) is 1.84. The van der Waals surface area contributed by atoms with Gasteiger partial charge in [-0.05, 0) is 172 Å². The fraction of sp³-hybridized carbons (Fsp3) is 0.425. The fourth-order valence-corrected chi connectivity index (χ4v) is 13.6. The van der Waals surface area contributed by atoms with Crippen LogP contribution in [0.3, 0.4) is 0 Å². The highest BCUT2D eigenvalue weighted by atomic mass is 15.0. The van der Waals surface area contributed by atoms with Gasteiger partial charge in [0.15, 0.2) is 0 Å². The van der Waals surface area contributed by atoms with Gasteiger partial charge in [-0.1, -0.05) is 218 Å². The lowest BCUT2D eigenvalue weighted by molar-refractivity contribution is 0.590. The van der Waals surface area contributed by atoms with Crippen LogP contribution in [-0.4, -0.2) is 22.6 Å². The summed E-state index contributed by atoms with van der Waals surface area (Å²) in [6, 6.07) is 43.5. The Labute approximate surface area is 464 Å². The maximum atomic E-state index is 2.74. The van der Waals surface area contributed by atoms with Crippen molar-refractivity contribution < 1.29 is 0 Å². The van der Waals surface area contributed by atoms with Crippen LogP contribution in [0.25, 0.3) is 55.0 Å². The van der Waals surface area contributed by atoms with Crippen molar-refractivity contribution in [2.24, 2.45) is 0 Å². The first-order valence-corrected chi connectivity index (χ1v) is 29.6. The average Bonchev–Trinajstić information content (AvgIpc) is 3.89. The smallest absolute Gasteiger partial charge is 0.247 e. The zero-order valence-electron chi connectivity index (χ0n) is 51.3. The Morgan fingerprint density at radius 2 is 0.688 bits per heavy atom. The lowest BCUT2D eigenvalue weighted by Crippen LogP contribution is -2.61. The fourth-order valence-electron chi connectivity index (χ4n) is 13.6. The van der Waals surface area contributed by atoms with Crippen LogP contribution in [0.1, 0.15) is 232 Å². The second-order valence-corrected chi connectivity index (χ2v) is 29.7. The number of hydrogen-bond acceptors (Lipinski definition) is 0. The Morgan fingerprint density at radius 3 is 1.08 bits per heavy atom. The molecule has 2 nitrogen and oxygen atoms in total. The normalized spacial score (nSPS) is 14.1. The standard InChI is InChI=1S/C73H88B2N2/c1-40(2)45-23-26-58(51(29-45)42(5)6)74-59-38-66-60(39-65(59)76-63-27-24-47(70(11,12)13)32-54(63)56-34-49(72(17,18)19)36-61(74)68(56)76)75(67-52(43(7)8)30-46(41(3)4)31-53(67)44(9)10)62-37-50(73(20,21)22)35-57-55-33-48(71(14,15)16)25-28-64(55)77(66)69(57)62/h23-44H,1-22H3. The molecule has 4 heteroatoms. The molecule has 0 fully saturated rings. The molecule has 396 valence electrons. The average molecular weight is 1020 g/mol. The highest BCUT2D eigenvalue weighted by Crippen LogP contribution is 2.43. The summed E-state index contributed by atoms with van der Waals surface area (Å²) in [5.41, 5.74) is 29.1. The van der Waals surface area contributed by atoms with Crippen LogP contribution < -0.4 is 32.8 Å². The molecule has 7 aromatic carbocycles. The van der Waals surface area contributed by atoms with E-state index in [9.17, 15) is 0 Å². The molecule has 0 N–H and O–H groups in total. The van der Waals surface area contributed by atoms with Crippen LogP contribution in [0.5, 0.6) is 0 Å². The third kappa shape index (κ3) is 8.42. The first-order valence-electron chi connectivity index (χ1n) is 29.6. The molecule has 2 aromatic heterocycles. The van der Waals surface area contributed by atoms with Crippen molar-refractivity contribution in [3.05, 3.63) is 153 Å². The lowest BCUT2D eigenvalue weighted by Gasteiger charge is -2.36. The first kappa shape index (κ1) is 53.3. The molecule has 0 atom stereocenters. The van der Waals surface area contributed by atoms with Crippen LogP contribution in [0.4, 0.5) is 0 Å². The molecule has 0 saturated heterocycles. The molecule has 77 heavy (non-hydrogen) atoms. The molecule has 0 bridgehead atoms. The molecule has 0 aliphatic carbocycles. The van der Waals surface area contributed by atoms with Gasteiger partial charge in [0.05, 0.1) is 11.0 Å². The maximum Gasteiger partial charge on any atom is 0.247 e. The maximum absolute atomic E-state index is 2.74. The summed E-state index contributed by atoms with van der Waals surface area (Å²) in [7, 11) is 0. The third-order valence-electron chi connectivity index (χ3n) is 18.3. The Kier molecular flexibility index (Phi) is 12.4. The van der Waals surface area contributed by atoms with Gasteiger partial charge in [0.2, 0.25) is 13.4 Å². The van der Waals surface area contributed by atoms with Crippen molar-refractivity contribution in [1.82, 2.24) is 9.13 Å². The Hall–Kier alpha value is -5.73. The largest absolute Gasteiger partial charge is 0.310 e. The van der Waals surface area contributed by atoms with Crippen molar-refractivity contribution in [2.75, 3.05) is 0 Å². The van der Waals surface area contributed by atoms with Gasteiger partial charge in [-0.25, -0.2) is 0 Å². The van der Waals surface area contributed by atoms with E-state index >= 15 is 0 Å². The van der Waals surface area contributed by atoms with E-state index in [0.29, 0.717) is 29.6 Å². The minimum absolute atomic E-state index is 0.00446. The van der Waals surface area contributed by atoms with Gasteiger partial charge in [0.25, 0.3) is 0 Å². The van der Waals surface area contributed by atoms with Gasteiger partial charge in [-0.2, -0.15) is 0 Å².